The smallest absolute Gasteiger partial charge is 0.303 e. The van der Waals surface area contributed by atoms with Gasteiger partial charge in [-0.05, 0) is 74.3 Å². The lowest BCUT2D eigenvalue weighted by molar-refractivity contribution is -0.137. The molecule has 0 amide bonds. The van der Waals surface area contributed by atoms with Crippen LogP contribution in [0.5, 0.6) is 5.75 Å². The average Bonchev–Trinajstić information content (AvgIpc) is 2.88. The molecule has 0 heterocycles. The molecule has 156 valence electrons. The van der Waals surface area contributed by atoms with Crippen LogP contribution in [-0.4, -0.2) is 39.4 Å². The molecule has 1 saturated carbocycles. The average molecular weight is 411 g/mol. The summed E-state index contributed by atoms with van der Waals surface area (Å²) in [6, 6.07) is 3.82. The van der Waals surface area contributed by atoms with Gasteiger partial charge in [-0.1, -0.05) is 12.2 Å². The summed E-state index contributed by atoms with van der Waals surface area (Å²) >= 11 is 6.47. The molecule has 0 aromatic heterocycles. The van der Waals surface area contributed by atoms with E-state index >= 15 is 0 Å². The van der Waals surface area contributed by atoms with E-state index in [9.17, 15) is 15.0 Å². The van der Waals surface area contributed by atoms with Gasteiger partial charge in [0.2, 0.25) is 0 Å². The first-order valence-electron chi connectivity index (χ1n) is 9.86. The van der Waals surface area contributed by atoms with E-state index in [4.69, 9.17) is 21.4 Å². The molecular weight excluding hydrogens is 380 g/mol. The van der Waals surface area contributed by atoms with Crippen LogP contribution < -0.4 is 4.74 Å². The summed E-state index contributed by atoms with van der Waals surface area (Å²) in [6.07, 6.45) is 6.36. The maximum absolute atomic E-state index is 10.5. The Kier molecular flexibility index (Phi) is 8.80. The van der Waals surface area contributed by atoms with E-state index in [1.807, 2.05) is 38.1 Å². The minimum atomic E-state index is -0.775. The normalized spacial score (nSPS) is 24.8. The van der Waals surface area contributed by atoms with Crippen molar-refractivity contribution in [1.82, 2.24) is 0 Å². The van der Waals surface area contributed by atoms with Gasteiger partial charge in [0.05, 0.1) is 19.3 Å². The summed E-state index contributed by atoms with van der Waals surface area (Å²) in [6.45, 7) is 4.29. The summed E-state index contributed by atoms with van der Waals surface area (Å²) in [5.41, 5.74) is 2.89. The Bertz CT molecular complexity index is 664. The Labute approximate surface area is 172 Å². The molecule has 0 spiro atoms. The molecule has 28 heavy (non-hydrogen) atoms. The van der Waals surface area contributed by atoms with E-state index in [2.05, 4.69) is 0 Å². The van der Waals surface area contributed by atoms with Crippen LogP contribution in [0.4, 0.5) is 0 Å². The van der Waals surface area contributed by atoms with E-state index in [-0.39, 0.29) is 30.2 Å². The van der Waals surface area contributed by atoms with E-state index in [0.717, 1.165) is 35.3 Å². The monoisotopic (exact) mass is 410 g/mol. The summed E-state index contributed by atoms with van der Waals surface area (Å²) in [4.78, 5) is 10.5. The predicted octanol–water partition coefficient (Wildman–Crippen LogP) is 3.98. The van der Waals surface area contributed by atoms with Gasteiger partial charge in [-0.25, -0.2) is 0 Å². The highest BCUT2D eigenvalue weighted by molar-refractivity contribution is 6.21. The molecule has 1 fully saturated rings. The number of carbonyl (C=O) groups is 1. The Morgan fingerprint density at radius 2 is 1.93 bits per heavy atom. The number of allylic oxidation sites excluding steroid dienone is 2. The van der Waals surface area contributed by atoms with Crippen molar-refractivity contribution in [1.29, 1.82) is 0 Å². The van der Waals surface area contributed by atoms with Crippen LogP contribution >= 0.6 is 11.6 Å². The quantitative estimate of drug-likeness (QED) is 0.308. The number of alkyl halides is 1. The van der Waals surface area contributed by atoms with Crippen molar-refractivity contribution in [2.45, 2.75) is 64.0 Å². The van der Waals surface area contributed by atoms with Gasteiger partial charge in [0.15, 0.2) is 0 Å². The number of rotatable bonds is 10. The Morgan fingerprint density at radius 3 is 2.54 bits per heavy atom. The van der Waals surface area contributed by atoms with Crippen LogP contribution in [0.2, 0.25) is 0 Å². The molecule has 0 unspecified atom stereocenters. The highest BCUT2D eigenvalue weighted by Gasteiger charge is 2.41. The number of carboxylic acids is 1. The van der Waals surface area contributed by atoms with Gasteiger partial charge in [-0.15, -0.1) is 11.6 Å². The number of aliphatic hydroxyl groups excluding tert-OH is 2. The summed E-state index contributed by atoms with van der Waals surface area (Å²) in [5.74, 6) is 0.0267. The van der Waals surface area contributed by atoms with Gasteiger partial charge in [-0.3, -0.25) is 4.79 Å². The third-order valence-electron chi connectivity index (χ3n) is 5.58. The molecule has 1 aromatic carbocycles. The topological polar surface area (TPSA) is 87.0 Å². The van der Waals surface area contributed by atoms with Crippen LogP contribution in [0.1, 0.15) is 48.8 Å². The number of aliphatic carboxylic acids is 1. The van der Waals surface area contributed by atoms with Crippen LogP contribution in [-0.2, 0) is 11.4 Å². The number of aliphatic hydroxyl groups is 2. The molecule has 4 atom stereocenters. The molecule has 0 radical (unpaired) electrons. The zero-order valence-corrected chi connectivity index (χ0v) is 17.4. The van der Waals surface area contributed by atoms with Crippen LogP contribution in [0.3, 0.4) is 0 Å². The summed E-state index contributed by atoms with van der Waals surface area (Å²) in [7, 11) is 0. The van der Waals surface area contributed by atoms with Crippen molar-refractivity contribution in [2.24, 2.45) is 11.8 Å². The molecule has 0 aliphatic heterocycles. The van der Waals surface area contributed by atoms with Crippen LogP contribution in [0, 0.1) is 25.7 Å². The number of halogens is 1. The number of benzene rings is 1. The zero-order chi connectivity index (χ0) is 20.7. The van der Waals surface area contributed by atoms with Gasteiger partial charge >= 0.3 is 5.97 Å². The van der Waals surface area contributed by atoms with Crippen LogP contribution in [0.25, 0.3) is 0 Å². The van der Waals surface area contributed by atoms with Crippen molar-refractivity contribution in [2.75, 3.05) is 6.61 Å². The minimum absolute atomic E-state index is 0.00802. The summed E-state index contributed by atoms with van der Waals surface area (Å²) < 4.78 is 5.98. The molecular formula is C22H31ClO5. The second kappa shape index (κ2) is 10.8. The number of ether oxygens (including phenoxy) is 1. The largest absolute Gasteiger partial charge is 0.493 e. The number of unbranched alkanes of at least 4 members (excludes halogenated alkanes) is 1. The molecule has 1 aromatic rings. The Morgan fingerprint density at radius 1 is 1.25 bits per heavy atom. The first-order valence-corrected chi connectivity index (χ1v) is 10.3. The van der Waals surface area contributed by atoms with Crippen LogP contribution in [0.15, 0.2) is 24.3 Å². The van der Waals surface area contributed by atoms with E-state index in [1.165, 1.54) is 0 Å². The lowest BCUT2D eigenvalue weighted by Crippen LogP contribution is -2.27. The van der Waals surface area contributed by atoms with Crippen molar-refractivity contribution in [3.8, 4) is 5.75 Å². The SMILES string of the molecule is Cc1cc(OC[C@H]2[C@@H](C/C=C\CCCC(=O)O)[C@H](Cl)C[C@H]2O)cc(C)c1CO. The van der Waals surface area contributed by atoms with E-state index in [0.29, 0.717) is 19.4 Å². The lowest BCUT2D eigenvalue weighted by atomic mass is 9.92. The maximum Gasteiger partial charge on any atom is 0.303 e. The molecule has 2 rings (SSSR count). The fourth-order valence-corrected chi connectivity index (χ4v) is 4.38. The molecule has 0 saturated heterocycles. The third-order valence-corrected chi connectivity index (χ3v) is 6.08. The molecule has 3 N–H and O–H groups in total. The fourth-order valence-electron chi connectivity index (χ4n) is 3.91. The van der Waals surface area contributed by atoms with Gasteiger partial charge < -0.3 is 20.1 Å². The second-order valence-corrected chi connectivity index (χ2v) is 8.21. The zero-order valence-electron chi connectivity index (χ0n) is 16.6. The number of hydrogen-bond donors (Lipinski definition) is 3. The molecule has 6 heteroatoms. The standard InChI is InChI=1S/C22H31ClO5/c1-14-9-16(10-15(2)18(14)12-24)28-13-19-17(20(23)11-21(19)25)7-5-3-4-6-8-22(26)27/h3,5,9-10,17,19-21,24-25H,4,6-8,11-13H2,1-2H3,(H,26,27)/b5-3-/t17-,19+,20-,21-/m1/s1. The Balaban J connectivity index is 1.93. The first kappa shape index (κ1) is 22.7. The van der Waals surface area contributed by atoms with Crippen molar-refractivity contribution >= 4 is 17.6 Å². The highest BCUT2D eigenvalue weighted by Crippen LogP contribution is 2.39. The highest BCUT2D eigenvalue weighted by atomic mass is 35.5. The minimum Gasteiger partial charge on any atom is -0.493 e. The first-order chi connectivity index (χ1) is 13.3. The number of hydrogen-bond acceptors (Lipinski definition) is 4. The molecule has 1 aliphatic rings. The molecule has 0 bridgehead atoms. The predicted molar refractivity (Wildman–Crippen MR) is 110 cm³/mol. The number of aryl methyl sites for hydroxylation is 2. The third kappa shape index (κ3) is 6.23. The van der Waals surface area contributed by atoms with E-state index in [1.54, 1.807) is 0 Å². The fraction of sp³-hybridized carbons (Fsp3) is 0.591. The summed E-state index contributed by atoms with van der Waals surface area (Å²) in [5, 5.41) is 28.4. The van der Waals surface area contributed by atoms with Crippen molar-refractivity contribution < 1.29 is 24.9 Å². The second-order valence-electron chi connectivity index (χ2n) is 7.64. The van der Waals surface area contributed by atoms with Gasteiger partial charge in [0, 0.05) is 17.7 Å². The molecule has 5 nitrogen and oxygen atoms in total. The molecule has 1 aliphatic carbocycles. The van der Waals surface area contributed by atoms with Gasteiger partial charge in [0.25, 0.3) is 0 Å². The van der Waals surface area contributed by atoms with Crippen molar-refractivity contribution in [3.63, 3.8) is 0 Å². The van der Waals surface area contributed by atoms with Gasteiger partial charge in [0.1, 0.15) is 5.75 Å². The van der Waals surface area contributed by atoms with Gasteiger partial charge in [-0.2, -0.15) is 0 Å². The maximum atomic E-state index is 10.5. The van der Waals surface area contributed by atoms with E-state index < -0.39 is 12.1 Å². The van der Waals surface area contributed by atoms with Crippen molar-refractivity contribution in [3.05, 3.63) is 41.0 Å². The lowest BCUT2D eigenvalue weighted by Gasteiger charge is -2.23. The Hall–Kier alpha value is -1.56. The number of carboxylic acid groups (broad SMARTS) is 1.